The topological polar surface area (TPSA) is 45.0 Å². The van der Waals surface area contributed by atoms with Gasteiger partial charge in [0.2, 0.25) is 0 Å². The van der Waals surface area contributed by atoms with Gasteiger partial charge in [-0.15, -0.1) is 0 Å². The van der Waals surface area contributed by atoms with Crippen molar-refractivity contribution in [2.24, 2.45) is 5.84 Å². The van der Waals surface area contributed by atoms with Gasteiger partial charge in [0.05, 0.1) is 5.69 Å². The second kappa shape index (κ2) is 4.65. The van der Waals surface area contributed by atoms with Crippen molar-refractivity contribution in [2.75, 3.05) is 5.01 Å². The summed E-state index contributed by atoms with van der Waals surface area (Å²) in [7, 11) is 0. The van der Waals surface area contributed by atoms with Gasteiger partial charge in [-0.05, 0) is 51.0 Å². The van der Waals surface area contributed by atoms with Gasteiger partial charge in [-0.2, -0.15) is 0 Å². The highest BCUT2D eigenvalue weighted by atomic mass is 15.4. The fourth-order valence-corrected chi connectivity index (χ4v) is 2.19. The lowest BCUT2D eigenvalue weighted by Gasteiger charge is -2.34. The first-order valence-corrected chi connectivity index (χ1v) is 6.58. The van der Waals surface area contributed by atoms with Crippen LogP contribution in [-0.4, -0.2) is 10.5 Å². The molecule has 98 valence electrons. The van der Waals surface area contributed by atoms with Gasteiger partial charge in [0, 0.05) is 22.6 Å². The Hall–Kier alpha value is -1.48. The average Bonchev–Trinajstić information content (AvgIpc) is 2.73. The molecule has 0 fully saturated rings. The first-order valence-electron chi connectivity index (χ1n) is 6.58. The maximum absolute atomic E-state index is 6.29. The number of hydrazine groups is 1. The van der Waals surface area contributed by atoms with E-state index in [-0.39, 0.29) is 5.54 Å². The Balaban J connectivity index is 2.55. The van der Waals surface area contributed by atoms with Gasteiger partial charge in [0.15, 0.2) is 0 Å². The molecule has 0 unspecified atom stereocenters. The van der Waals surface area contributed by atoms with E-state index in [0.29, 0.717) is 0 Å². The summed E-state index contributed by atoms with van der Waals surface area (Å²) in [6, 6.07) is 6.49. The molecule has 0 bridgehead atoms. The molecule has 0 atom stereocenters. The number of H-pyrrole nitrogens is 1. The lowest BCUT2D eigenvalue weighted by molar-refractivity contribution is 0.512. The SMILES string of the molecule is CCCc1cc2[nH]ccc2cc1N(N)C(C)(C)C. The smallest absolute Gasteiger partial charge is 0.0562 e. The van der Waals surface area contributed by atoms with Crippen molar-refractivity contribution in [3.63, 3.8) is 0 Å². The number of nitrogens with zero attached hydrogens (tertiary/aromatic N) is 1. The third kappa shape index (κ3) is 2.36. The largest absolute Gasteiger partial charge is 0.361 e. The van der Waals surface area contributed by atoms with Crippen molar-refractivity contribution in [2.45, 2.75) is 46.1 Å². The van der Waals surface area contributed by atoms with Crippen LogP contribution in [0.4, 0.5) is 5.69 Å². The Bertz CT molecular complexity index is 534. The molecule has 3 heteroatoms. The van der Waals surface area contributed by atoms with E-state index in [1.54, 1.807) is 0 Å². The zero-order chi connectivity index (χ0) is 13.3. The first-order chi connectivity index (χ1) is 8.43. The van der Waals surface area contributed by atoms with E-state index in [1.165, 1.54) is 16.5 Å². The maximum atomic E-state index is 6.29. The molecule has 1 aromatic heterocycles. The number of hydrogen-bond donors (Lipinski definition) is 2. The number of nitrogens with one attached hydrogen (secondary N) is 1. The molecular weight excluding hydrogens is 222 g/mol. The van der Waals surface area contributed by atoms with Crippen molar-refractivity contribution < 1.29 is 0 Å². The lowest BCUT2D eigenvalue weighted by atomic mass is 10.0. The second-order valence-corrected chi connectivity index (χ2v) is 5.84. The van der Waals surface area contributed by atoms with E-state index < -0.39 is 0 Å². The predicted octanol–water partition coefficient (Wildman–Crippen LogP) is 3.60. The quantitative estimate of drug-likeness (QED) is 0.641. The van der Waals surface area contributed by atoms with Crippen LogP contribution in [0.15, 0.2) is 24.4 Å². The van der Waals surface area contributed by atoms with Gasteiger partial charge in [-0.3, -0.25) is 0 Å². The zero-order valence-corrected chi connectivity index (χ0v) is 11.7. The molecule has 0 aliphatic carbocycles. The third-order valence-electron chi connectivity index (χ3n) is 3.25. The van der Waals surface area contributed by atoms with Crippen molar-refractivity contribution in [1.82, 2.24) is 4.98 Å². The third-order valence-corrected chi connectivity index (χ3v) is 3.25. The zero-order valence-electron chi connectivity index (χ0n) is 11.7. The summed E-state index contributed by atoms with van der Waals surface area (Å²) in [5.41, 5.74) is 3.55. The van der Waals surface area contributed by atoms with Crippen LogP contribution < -0.4 is 10.9 Å². The summed E-state index contributed by atoms with van der Waals surface area (Å²) in [5.74, 6) is 6.29. The molecule has 0 amide bonds. The Kier molecular flexibility index (Phi) is 3.35. The highest BCUT2D eigenvalue weighted by Gasteiger charge is 2.21. The number of fused-ring (bicyclic) bond motifs is 1. The van der Waals surface area contributed by atoms with Gasteiger partial charge in [-0.1, -0.05) is 13.3 Å². The second-order valence-electron chi connectivity index (χ2n) is 5.84. The molecule has 0 aliphatic heterocycles. The normalized spacial score (nSPS) is 12.1. The molecule has 1 aromatic carbocycles. The molecule has 0 saturated heterocycles. The van der Waals surface area contributed by atoms with Crippen molar-refractivity contribution in [3.05, 3.63) is 30.0 Å². The number of hydrogen-bond acceptors (Lipinski definition) is 2. The summed E-state index contributed by atoms with van der Waals surface area (Å²) >= 11 is 0. The summed E-state index contributed by atoms with van der Waals surface area (Å²) < 4.78 is 0. The molecule has 3 N–H and O–H groups in total. The monoisotopic (exact) mass is 245 g/mol. The molecule has 1 heterocycles. The molecule has 2 aromatic rings. The van der Waals surface area contributed by atoms with Gasteiger partial charge in [0.25, 0.3) is 0 Å². The van der Waals surface area contributed by atoms with Crippen LogP contribution in [0, 0.1) is 0 Å². The van der Waals surface area contributed by atoms with Crippen molar-refractivity contribution in [1.29, 1.82) is 0 Å². The number of aromatic nitrogens is 1. The summed E-state index contributed by atoms with van der Waals surface area (Å²) in [6.45, 7) is 8.58. The average molecular weight is 245 g/mol. The number of anilines is 1. The van der Waals surface area contributed by atoms with Crippen molar-refractivity contribution in [3.8, 4) is 0 Å². The minimum atomic E-state index is -0.0769. The van der Waals surface area contributed by atoms with Crippen molar-refractivity contribution >= 4 is 16.6 Å². The molecule has 18 heavy (non-hydrogen) atoms. The van der Waals surface area contributed by atoms with Crippen LogP contribution in [0.3, 0.4) is 0 Å². The molecule has 0 radical (unpaired) electrons. The first kappa shape index (κ1) is 13.0. The van der Waals surface area contributed by atoms with Gasteiger partial charge in [0.1, 0.15) is 0 Å². The fraction of sp³-hybridized carbons (Fsp3) is 0.467. The Morgan fingerprint density at radius 2 is 2.00 bits per heavy atom. The van der Waals surface area contributed by atoms with E-state index in [4.69, 9.17) is 5.84 Å². The van der Waals surface area contributed by atoms with Crippen LogP contribution in [0.5, 0.6) is 0 Å². The van der Waals surface area contributed by atoms with E-state index in [0.717, 1.165) is 18.5 Å². The number of aryl methyl sites for hydroxylation is 1. The van der Waals surface area contributed by atoms with Gasteiger partial charge >= 0.3 is 0 Å². The van der Waals surface area contributed by atoms with E-state index in [1.807, 2.05) is 11.2 Å². The minimum Gasteiger partial charge on any atom is -0.361 e. The van der Waals surface area contributed by atoms with E-state index in [2.05, 4.69) is 50.9 Å². The van der Waals surface area contributed by atoms with Crippen LogP contribution >= 0.6 is 0 Å². The molecule has 2 rings (SSSR count). The number of rotatable bonds is 3. The number of nitrogens with two attached hydrogens (primary N) is 1. The van der Waals surface area contributed by atoms with Crippen LogP contribution in [0.25, 0.3) is 10.9 Å². The van der Waals surface area contributed by atoms with E-state index in [9.17, 15) is 0 Å². The Labute approximate surface area is 109 Å². The summed E-state index contributed by atoms with van der Waals surface area (Å²) in [6.07, 6.45) is 4.15. The molecule has 0 spiro atoms. The molecule has 0 aliphatic rings. The molecule has 0 saturated carbocycles. The van der Waals surface area contributed by atoms with Crippen LogP contribution in [-0.2, 0) is 6.42 Å². The predicted molar refractivity (Wildman–Crippen MR) is 78.7 cm³/mol. The number of aromatic amines is 1. The minimum absolute atomic E-state index is 0.0769. The Morgan fingerprint density at radius 3 is 2.61 bits per heavy atom. The van der Waals surface area contributed by atoms with Gasteiger partial charge < -0.3 is 9.99 Å². The fourth-order valence-electron chi connectivity index (χ4n) is 2.19. The van der Waals surface area contributed by atoms with E-state index >= 15 is 0 Å². The van der Waals surface area contributed by atoms with Gasteiger partial charge in [-0.25, -0.2) is 5.84 Å². The number of benzene rings is 1. The summed E-state index contributed by atoms with van der Waals surface area (Å²) in [4.78, 5) is 3.26. The van der Waals surface area contributed by atoms with Crippen LogP contribution in [0.1, 0.15) is 39.7 Å². The molecule has 3 nitrogen and oxygen atoms in total. The lowest BCUT2D eigenvalue weighted by Crippen LogP contribution is -2.47. The molecular formula is C15H23N3. The standard InChI is InChI=1S/C15H23N3/c1-5-6-12-9-13-11(7-8-17-13)10-14(12)18(16)15(2,3)4/h7-10,17H,5-6,16H2,1-4H3. The maximum Gasteiger partial charge on any atom is 0.0562 e. The highest BCUT2D eigenvalue weighted by molar-refractivity contribution is 5.85. The highest BCUT2D eigenvalue weighted by Crippen LogP contribution is 2.29. The van der Waals surface area contributed by atoms with Crippen LogP contribution in [0.2, 0.25) is 0 Å². The Morgan fingerprint density at radius 1 is 1.28 bits per heavy atom. The summed E-state index contributed by atoms with van der Waals surface area (Å²) in [5, 5.41) is 3.09.